The SMILES string of the molecule is CCC(C)CCCC1(CCCC(CC)OCCC(C)(CC)OC)c2cc(C(=C(C)C)c3ccc(CCCC(=O)O)cc3)ccc2-c2ccc(C(C)(CN)c3ccc4c(c3)C(C)(CCCCN)c3cc(C(CC)(CC)B5OC(C)(C)C(C)(C)O5)ccc3-4)cc21. The second-order valence-corrected chi connectivity index (χ2v) is 29.0. The lowest BCUT2D eigenvalue weighted by Gasteiger charge is -2.37. The van der Waals surface area contributed by atoms with Gasteiger partial charge >= 0.3 is 13.1 Å². The smallest absolute Gasteiger partial charge is 0.469 e. The van der Waals surface area contributed by atoms with Crippen LogP contribution >= 0.6 is 0 Å². The minimum absolute atomic E-state index is 0.160. The van der Waals surface area contributed by atoms with Crippen molar-refractivity contribution in [2.24, 2.45) is 17.4 Å². The number of nitrogens with two attached hydrogens (primary N) is 2. The first-order valence-corrected chi connectivity index (χ1v) is 34.4. The summed E-state index contributed by atoms with van der Waals surface area (Å²) in [5.74, 6) is -0.115. The fourth-order valence-electron chi connectivity index (χ4n) is 15.3. The van der Waals surface area contributed by atoms with Crippen molar-refractivity contribution < 1.29 is 28.7 Å². The fourth-order valence-corrected chi connectivity index (χ4v) is 15.3. The molecule has 0 amide bonds. The second kappa shape index (κ2) is 28.3. The van der Waals surface area contributed by atoms with Gasteiger partial charge in [-0.2, -0.15) is 0 Å². The minimum Gasteiger partial charge on any atom is -0.481 e. The molecule has 1 fully saturated rings. The number of ether oxygens (including phenoxy) is 2. The monoisotopic (exact) mass is 1200 g/mol. The molecule has 5 aromatic carbocycles. The lowest BCUT2D eigenvalue weighted by atomic mass is 9.51. The van der Waals surface area contributed by atoms with Crippen molar-refractivity contribution in [3.05, 3.63) is 158 Å². The molecule has 1 heterocycles. The Kier molecular flexibility index (Phi) is 22.2. The number of allylic oxidation sites excluding steroid dienone is 1. The summed E-state index contributed by atoms with van der Waals surface area (Å²) in [5.41, 5.74) is 32.3. The van der Waals surface area contributed by atoms with Crippen LogP contribution in [0.4, 0.5) is 0 Å². The van der Waals surface area contributed by atoms with Crippen molar-refractivity contribution in [2.75, 3.05) is 26.8 Å². The van der Waals surface area contributed by atoms with Gasteiger partial charge in [0.2, 0.25) is 0 Å². The van der Waals surface area contributed by atoms with E-state index in [1.807, 2.05) is 7.11 Å². The molecular weight excluding hydrogens is 1080 g/mol. The summed E-state index contributed by atoms with van der Waals surface area (Å²) in [7, 11) is 1.46. The van der Waals surface area contributed by atoms with Gasteiger partial charge in [-0.25, -0.2) is 0 Å². The quantitative estimate of drug-likeness (QED) is 0.0280. The van der Waals surface area contributed by atoms with E-state index in [1.165, 1.54) is 96.3 Å². The molecule has 6 unspecified atom stereocenters. The third kappa shape index (κ3) is 13.5. The van der Waals surface area contributed by atoms with E-state index >= 15 is 0 Å². The van der Waals surface area contributed by atoms with Gasteiger partial charge in [0.25, 0.3) is 0 Å². The zero-order valence-corrected chi connectivity index (χ0v) is 57.5. The van der Waals surface area contributed by atoms with E-state index in [1.54, 1.807) is 0 Å². The number of aliphatic carboxylic acids is 1. The topological polar surface area (TPSA) is 126 Å². The van der Waals surface area contributed by atoms with Gasteiger partial charge in [0, 0.05) is 48.2 Å². The molecule has 8 nitrogen and oxygen atoms in total. The lowest BCUT2D eigenvalue weighted by molar-refractivity contribution is -0.137. The molecule has 9 heteroatoms. The summed E-state index contributed by atoms with van der Waals surface area (Å²) in [5, 5.41) is 9.02. The highest BCUT2D eigenvalue weighted by Gasteiger charge is 2.59. The average Bonchev–Trinajstić information content (AvgIpc) is 1.75. The van der Waals surface area contributed by atoms with Crippen molar-refractivity contribution in [3.8, 4) is 22.3 Å². The Bertz CT molecular complexity index is 3200. The largest absolute Gasteiger partial charge is 0.481 e. The standard InChI is InChI=1S/C79H113BN2O6/c1-17-55(8)27-25-44-78(45-26-29-62(18-2)86-48-46-75(13,19-3)85-16)69-49-58(72(54(6)7)57-33-31-56(32-34-57)28-24-30-71(83)84)35-39-65(69)66-41-37-60(51-70(66)78)77(15,53-82)59-36-40-63-64-42-38-61(52-68(64)76(14,67(63)50-59)43-22-23-47-81)79(20-4,21-5)80-87-73(9,10)74(11,12)88-80/h31-42,49-52,55,62H,17-30,43-48,53,81-82H2,1-16H3,(H,83,84). The number of carboxylic acids is 1. The van der Waals surface area contributed by atoms with Gasteiger partial charge in [-0.1, -0.05) is 178 Å². The number of hydrogen-bond donors (Lipinski definition) is 3. The molecule has 0 bridgehead atoms. The van der Waals surface area contributed by atoms with Crippen LogP contribution in [-0.2, 0) is 51.6 Å². The van der Waals surface area contributed by atoms with Crippen molar-refractivity contribution in [2.45, 2.75) is 264 Å². The van der Waals surface area contributed by atoms with Crippen LogP contribution in [0.5, 0.6) is 0 Å². The van der Waals surface area contributed by atoms with Crippen LogP contribution in [0.15, 0.2) is 103 Å². The number of methoxy groups -OCH3 is 1. The fraction of sp³-hybridized carbons (Fsp3) is 0.582. The van der Waals surface area contributed by atoms with Crippen LogP contribution in [-0.4, -0.2) is 67.9 Å². The molecule has 478 valence electrons. The molecule has 0 radical (unpaired) electrons. The van der Waals surface area contributed by atoms with Crippen LogP contribution in [0.2, 0.25) is 0 Å². The molecule has 8 rings (SSSR count). The molecule has 0 spiro atoms. The normalized spacial score (nSPS) is 20.2. The van der Waals surface area contributed by atoms with Crippen LogP contribution in [0.1, 0.15) is 269 Å². The summed E-state index contributed by atoms with van der Waals surface area (Å²) < 4.78 is 26.6. The third-order valence-corrected chi connectivity index (χ3v) is 22.9. The van der Waals surface area contributed by atoms with Gasteiger partial charge in [0.05, 0.1) is 22.9 Å². The molecule has 5 N–H and O–H groups in total. The highest BCUT2D eigenvalue weighted by atomic mass is 16.7. The van der Waals surface area contributed by atoms with Gasteiger partial charge in [-0.3, -0.25) is 4.79 Å². The number of fused-ring (bicyclic) bond motifs is 6. The van der Waals surface area contributed by atoms with Gasteiger partial charge in [0.1, 0.15) is 0 Å². The number of rotatable bonds is 33. The highest BCUT2D eigenvalue weighted by molar-refractivity contribution is 6.50. The van der Waals surface area contributed by atoms with Crippen molar-refractivity contribution in [3.63, 3.8) is 0 Å². The molecule has 5 aromatic rings. The highest BCUT2D eigenvalue weighted by Crippen LogP contribution is 2.58. The summed E-state index contributed by atoms with van der Waals surface area (Å²) in [6.07, 6.45) is 16.8. The summed E-state index contributed by atoms with van der Waals surface area (Å²) in [6, 6.07) is 38.3. The Morgan fingerprint density at radius 1 is 0.636 bits per heavy atom. The zero-order valence-electron chi connectivity index (χ0n) is 57.5. The molecular formula is C79H113BN2O6. The summed E-state index contributed by atoms with van der Waals surface area (Å²) >= 11 is 0. The number of carboxylic acid groups (broad SMARTS) is 1. The first-order valence-electron chi connectivity index (χ1n) is 34.4. The van der Waals surface area contributed by atoms with Crippen LogP contribution in [0.25, 0.3) is 27.8 Å². The van der Waals surface area contributed by atoms with E-state index in [9.17, 15) is 9.90 Å². The predicted molar refractivity (Wildman–Crippen MR) is 370 cm³/mol. The first kappa shape index (κ1) is 69.0. The van der Waals surface area contributed by atoms with Crippen molar-refractivity contribution in [1.82, 2.24) is 0 Å². The summed E-state index contributed by atoms with van der Waals surface area (Å²) in [4.78, 5) is 11.4. The van der Waals surface area contributed by atoms with Crippen LogP contribution in [0.3, 0.4) is 0 Å². The lowest BCUT2D eigenvalue weighted by Crippen LogP contribution is -2.45. The maximum absolute atomic E-state index is 11.4. The molecule has 1 aliphatic heterocycles. The van der Waals surface area contributed by atoms with E-state index < -0.39 is 22.6 Å². The van der Waals surface area contributed by atoms with E-state index in [-0.39, 0.29) is 41.4 Å². The Balaban J connectivity index is 1.24. The third-order valence-electron chi connectivity index (χ3n) is 22.9. The zero-order chi connectivity index (χ0) is 64.0. The Morgan fingerprint density at radius 2 is 1.17 bits per heavy atom. The predicted octanol–water partition coefficient (Wildman–Crippen LogP) is 19.0. The van der Waals surface area contributed by atoms with Crippen molar-refractivity contribution in [1.29, 1.82) is 0 Å². The minimum atomic E-state index is -0.748. The first-order chi connectivity index (χ1) is 41.8. The Morgan fingerprint density at radius 3 is 1.69 bits per heavy atom. The molecule has 3 aliphatic rings. The van der Waals surface area contributed by atoms with Crippen LogP contribution < -0.4 is 11.5 Å². The van der Waals surface area contributed by atoms with E-state index in [0.717, 1.165) is 95.5 Å². The Hall–Kier alpha value is -4.87. The van der Waals surface area contributed by atoms with Gasteiger partial charge in [0.15, 0.2) is 0 Å². The number of hydrogen-bond acceptors (Lipinski definition) is 7. The van der Waals surface area contributed by atoms with Gasteiger partial charge in [-0.05, 0) is 234 Å². The van der Waals surface area contributed by atoms with E-state index in [0.29, 0.717) is 32.0 Å². The molecule has 0 saturated carbocycles. The maximum Gasteiger partial charge on any atom is 0.469 e. The molecule has 0 aromatic heterocycles. The molecule has 88 heavy (non-hydrogen) atoms. The van der Waals surface area contributed by atoms with Crippen molar-refractivity contribution >= 4 is 18.7 Å². The Labute approximate surface area is 533 Å². The summed E-state index contributed by atoms with van der Waals surface area (Å²) in [6.45, 7) is 35.9. The molecule has 6 atom stereocenters. The van der Waals surface area contributed by atoms with E-state index in [4.69, 9.17) is 30.2 Å². The van der Waals surface area contributed by atoms with Gasteiger partial charge < -0.3 is 35.4 Å². The molecule has 2 aliphatic carbocycles. The maximum atomic E-state index is 11.4. The van der Waals surface area contributed by atoms with Gasteiger partial charge in [-0.15, -0.1) is 0 Å². The molecule has 1 saturated heterocycles. The number of carbonyl (C=O) groups is 1. The number of unbranched alkanes of at least 4 members (excludes halogenated alkanes) is 1. The number of benzene rings is 5. The van der Waals surface area contributed by atoms with Crippen LogP contribution in [0, 0.1) is 5.92 Å². The average molecular weight is 1200 g/mol. The second-order valence-electron chi connectivity index (χ2n) is 29.0. The van der Waals surface area contributed by atoms with E-state index in [2.05, 4.69) is 201 Å². The number of aryl methyl sites for hydroxylation is 1.